The zero-order chi connectivity index (χ0) is 20.8. The lowest BCUT2D eigenvalue weighted by Gasteiger charge is -2.24. The van der Waals surface area contributed by atoms with E-state index in [2.05, 4.69) is 39.3 Å². The number of ether oxygens (including phenoxy) is 3. The lowest BCUT2D eigenvalue weighted by Crippen LogP contribution is -2.19. The maximum atomic E-state index is 6.00. The first-order valence-electron chi connectivity index (χ1n) is 10.7. The molecule has 1 aliphatic rings. The average molecular weight is 412 g/mol. The molecule has 0 saturated carbocycles. The van der Waals surface area contributed by atoms with Gasteiger partial charge >= 0.3 is 12.0 Å². The smallest absolute Gasteiger partial charge is 0.320 e. The number of nitrogens with one attached hydrogen (secondary N) is 1. The van der Waals surface area contributed by atoms with E-state index < -0.39 is 0 Å². The van der Waals surface area contributed by atoms with E-state index >= 15 is 0 Å². The first-order valence-corrected chi connectivity index (χ1v) is 10.7. The molecule has 8 heteroatoms. The molecule has 1 aliphatic heterocycles. The number of rotatable bonds is 9. The monoisotopic (exact) mass is 411 g/mol. The normalized spacial score (nSPS) is 16.5. The Kier molecular flexibility index (Phi) is 6.63. The number of nitrogens with zero attached hydrogens (tertiary/aromatic N) is 4. The van der Waals surface area contributed by atoms with Crippen LogP contribution in [-0.4, -0.2) is 39.8 Å². The molecule has 0 bridgehead atoms. The van der Waals surface area contributed by atoms with Gasteiger partial charge in [0.15, 0.2) is 17.0 Å². The molecule has 1 unspecified atom stereocenters. The quantitative estimate of drug-likeness (QED) is 0.525. The Morgan fingerprint density at radius 3 is 2.77 bits per heavy atom. The van der Waals surface area contributed by atoms with Crippen LogP contribution < -0.4 is 14.8 Å². The minimum atomic E-state index is -0.154. The molecule has 1 N–H and O–H groups in total. The van der Waals surface area contributed by atoms with E-state index in [1.165, 1.54) is 0 Å². The Morgan fingerprint density at radius 1 is 1.17 bits per heavy atom. The van der Waals surface area contributed by atoms with Gasteiger partial charge < -0.3 is 19.5 Å². The maximum Gasteiger partial charge on any atom is 0.320 e. The molecular formula is C22H29N5O3. The number of methoxy groups -OCH3 is 1. The van der Waals surface area contributed by atoms with E-state index in [0.29, 0.717) is 42.2 Å². The number of aromatic nitrogens is 4. The minimum absolute atomic E-state index is 0.154. The molecule has 0 spiro atoms. The van der Waals surface area contributed by atoms with Crippen LogP contribution >= 0.6 is 0 Å². The van der Waals surface area contributed by atoms with Crippen molar-refractivity contribution in [3.05, 3.63) is 35.9 Å². The highest BCUT2D eigenvalue weighted by atomic mass is 16.5. The van der Waals surface area contributed by atoms with Gasteiger partial charge in [-0.1, -0.05) is 43.7 Å². The standard InChI is InChI=1S/C22H29N5O3/c1-3-4-13-30-21-25-19(23-15-16-10-6-5-7-11-16)18-20(26-21)27(22(24-18)28-2)17-12-8-9-14-29-17/h5-7,10-11,17H,3-4,8-9,12-15H2,1-2H3,(H,23,25,26). The van der Waals surface area contributed by atoms with Gasteiger partial charge in [-0.05, 0) is 31.2 Å². The van der Waals surface area contributed by atoms with Crippen LogP contribution in [0.1, 0.15) is 50.8 Å². The zero-order valence-electron chi connectivity index (χ0n) is 17.6. The van der Waals surface area contributed by atoms with E-state index in [1.807, 2.05) is 22.8 Å². The van der Waals surface area contributed by atoms with E-state index in [9.17, 15) is 0 Å². The highest BCUT2D eigenvalue weighted by Gasteiger charge is 2.26. The van der Waals surface area contributed by atoms with Crippen LogP contribution in [0, 0.1) is 0 Å². The van der Waals surface area contributed by atoms with Crippen LogP contribution in [0.2, 0.25) is 0 Å². The van der Waals surface area contributed by atoms with Crippen molar-refractivity contribution in [2.24, 2.45) is 0 Å². The van der Waals surface area contributed by atoms with Gasteiger partial charge in [-0.25, -0.2) is 0 Å². The highest BCUT2D eigenvalue weighted by Crippen LogP contribution is 2.34. The number of benzene rings is 1. The summed E-state index contributed by atoms with van der Waals surface area (Å²) >= 11 is 0. The largest absolute Gasteiger partial charge is 0.468 e. The number of fused-ring (bicyclic) bond motifs is 1. The summed E-state index contributed by atoms with van der Waals surface area (Å²) in [4.78, 5) is 14.0. The molecular weight excluding hydrogens is 382 g/mol. The summed E-state index contributed by atoms with van der Waals surface area (Å²) in [5, 5.41) is 3.40. The van der Waals surface area contributed by atoms with Gasteiger partial charge in [0.1, 0.15) is 6.23 Å². The van der Waals surface area contributed by atoms with Crippen LogP contribution in [0.15, 0.2) is 30.3 Å². The van der Waals surface area contributed by atoms with Crippen LogP contribution in [0.25, 0.3) is 11.2 Å². The van der Waals surface area contributed by atoms with Crippen molar-refractivity contribution in [2.75, 3.05) is 25.6 Å². The van der Waals surface area contributed by atoms with Crippen molar-refractivity contribution >= 4 is 17.0 Å². The fourth-order valence-electron chi connectivity index (χ4n) is 3.54. The van der Waals surface area contributed by atoms with Gasteiger partial charge in [0, 0.05) is 13.2 Å². The Labute approximate surface area is 176 Å². The van der Waals surface area contributed by atoms with Crippen molar-refractivity contribution in [3.8, 4) is 12.0 Å². The third-order valence-corrected chi connectivity index (χ3v) is 5.14. The molecule has 0 amide bonds. The molecule has 3 aromatic rings. The van der Waals surface area contributed by atoms with Crippen molar-refractivity contribution in [2.45, 2.75) is 51.8 Å². The topological polar surface area (TPSA) is 83.3 Å². The molecule has 1 fully saturated rings. The molecule has 0 aliphatic carbocycles. The molecule has 3 heterocycles. The molecule has 160 valence electrons. The lowest BCUT2D eigenvalue weighted by molar-refractivity contribution is -0.0334. The minimum Gasteiger partial charge on any atom is -0.468 e. The molecule has 1 atom stereocenters. The summed E-state index contributed by atoms with van der Waals surface area (Å²) in [5.74, 6) is 0.628. The van der Waals surface area contributed by atoms with Gasteiger partial charge in [-0.3, -0.25) is 4.57 Å². The van der Waals surface area contributed by atoms with Crippen LogP contribution in [0.5, 0.6) is 12.0 Å². The second kappa shape index (κ2) is 9.75. The Bertz CT molecular complexity index is 954. The molecule has 8 nitrogen and oxygen atoms in total. The highest BCUT2D eigenvalue weighted by molar-refractivity contribution is 5.84. The Balaban J connectivity index is 1.72. The molecule has 1 saturated heterocycles. The first kappa shape index (κ1) is 20.4. The molecule has 2 aromatic heterocycles. The van der Waals surface area contributed by atoms with E-state index in [-0.39, 0.29) is 6.23 Å². The molecule has 0 radical (unpaired) electrons. The van der Waals surface area contributed by atoms with Crippen molar-refractivity contribution in [3.63, 3.8) is 0 Å². The van der Waals surface area contributed by atoms with Gasteiger partial charge in [0.25, 0.3) is 0 Å². The fraction of sp³-hybridized carbons (Fsp3) is 0.500. The third-order valence-electron chi connectivity index (χ3n) is 5.14. The summed E-state index contributed by atoms with van der Waals surface area (Å²) in [5.41, 5.74) is 2.47. The summed E-state index contributed by atoms with van der Waals surface area (Å²) in [6, 6.07) is 11.0. The summed E-state index contributed by atoms with van der Waals surface area (Å²) in [6.45, 7) is 4.04. The van der Waals surface area contributed by atoms with Gasteiger partial charge in [-0.2, -0.15) is 15.0 Å². The zero-order valence-corrected chi connectivity index (χ0v) is 17.6. The van der Waals surface area contributed by atoms with Crippen molar-refractivity contribution in [1.29, 1.82) is 0 Å². The number of hydrogen-bond acceptors (Lipinski definition) is 7. The summed E-state index contributed by atoms with van der Waals surface area (Å²) in [6.07, 6.45) is 4.89. The van der Waals surface area contributed by atoms with E-state index in [1.54, 1.807) is 7.11 Å². The van der Waals surface area contributed by atoms with Crippen LogP contribution in [0.3, 0.4) is 0 Å². The van der Waals surface area contributed by atoms with Gasteiger partial charge in [0.05, 0.1) is 13.7 Å². The predicted molar refractivity (Wildman–Crippen MR) is 115 cm³/mol. The van der Waals surface area contributed by atoms with Gasteiger partial charge in [-0.15, -0.1) is 0 Å². The second-order valence-electron chi connectivity index (χ2n) is 7.36. The second-order valence-corrected chi connectivity index (χ2v) is 7.36. The maximum absolute atomic E-state index is 6.00. The Hall–Kier alpha value is -2.87. The van der Waals surface area contributed by atoms with Crippen molar-refractivity contribution < 1.29 is 14.2 Å². The van der Waals surface area contributed by atoms with E-state index in [4.69, 9.17) is 14.2 Å². The first-order chi connectivity index (χ1) is 14.8. The average Bonchev–Trinajstić information content (AvgIpc) is 3.17. The molecule has 1 aromatic carbocycles. The third kappa shape index (κ3) is 4.48. The van der Waals surface area contributed by atoms with Crippen molar-refractivity contribution in [1.82, 2.24) is 19.5 Å². The number of unbranched alkanes of at least 4 members (excludes halogenated alkanes) is 1. The SMILES string of the molecule is CCCCOc1nc(NCc2ccccc2)c2nc(OC)n(C3CCCCO3)c2n1. The van der Waals surface area contributed by atoms with Crippen LogP contribution in [-0.2, 0) is 11.3 Å². The Morgan fingerprint density at radius 2 is 2.03 bits per heavy atom. The predicted octanol–water partition coefficient (Wildman–Crippen LogP) is 4.33. The fourth-order valence-corrected chi connectivity index (χ4v) is 3.54. The molecule has 4 rings (SSSR count). The van der Waals surface area contributed by atoms with Crippen LogP contribution in [0.4, 0.5) is 5.82 Å². The summed E-state index contributed by atoms with van der Waals surface area (Å²) < 4.78 is 19.4. The number of imidazole rings is 1. The van der Waals surface area contributed by atoms with E-state index in [0.717, 1.165) is 44.3 Å². The van der Waals surface area contributed by atoms with Gasteiger partial charge in [0.2, 0.25) is 0 Å². The number of hydrogen-bond donors (Lipinski definition) is 1. The number of anilines is 1. The lowest BCUT2D eigenvalue weighted by atomic mass is 10.2. The summed E-state index contributed by atoms with van der Waals surface area (Å²) in [7, 11) is 1.61. The molecule has 30 heavy (non-hydrogen) atoms.